The highest BCUT2D eigenvalue weighted by molar-refractivity contribution is 8.00. The van der Waals surface area contributed by atoms with Crippen LogP contribution in [0.15, 0.2) is 23.2 Å². The first-order valence-corrected chi connectivity index (χ1v) is 5.91. The van der Waals surface area contributed by atoms with Crippen LogP contribution in [0.5, 0.6) is 0 Å². The molecule has 82 valence electrons. The summed E-state index contributed by atoms with van der Waals surface area (Å²) in [7, 11) is 0. The number of hydrogen-bond acceptors (Lipinski definition) is 3. The van der Waals surface area contributed by atoms with Crippen molar-refractivity contribution < 1.29 is 9.90 Å². The molecule has 1 aromatic rings. The third-order valence-electron chi connectivity index (χ3n) is 2.16. The number of nitrogens with zero attached hydrogens (tertiary/aromatic N) is 1. The first kappa shape index (κ1) is 12.0. The van der Waals surface area contributed by atoms with Crippen LogP contribution in [0, 0.1) is 0 Å². The second kappa shape index (κ2) is 5.75. The fraction of sp³-hybridized carbons (Fsp3) is 0.455. The molecule has 4 heteroatoms. The van der Waals surface area contributed by atoms with E-state index in [1.165, 1.54) is 0 Å². The molecule has 0 atom stereocenters. The van der Waals surface area contributed by atoms with Crippen LogP contribution in [-0.4, -0.2) is 21.3 Å². The van der Waals surface area contributed by atoms with Crippen LogP contribution in [0.1, 0.15) is 37.2 Å². The largest absolute Gasteiger partial charge is 0.477 e. The predicted octanol–water partition coefficient (Wildman–Crippen LogP) is 3.06. The second-order valence-corrected chi connectivity index (χ2v) is 4.61. The van der Waals surface area contributed by atoms with Gasteiger partial charge in [-0.15, -0.1) is 11.8 Å². The summed E-state index contributed by atoms with van der Waals surface area (Å²) in [5, 5.41) is 9.34. The van der Waals surface area contributed by atoms with Gasteiger partial charge in [0.2, 0.25) is 0 Å². The van der Waals surface area contributed by atoms with Gasteiger partial charge in [-0.25, -0.2) is 9.78 Å². The van der Waals surface area contributed by atoms with Gasteiger partial charge in [-0.1, -0.05) is 13.8 Å². The second-order valence-electron chi connectivity index (χ2n) is 3.24. The van der Waals surface area contributed by atoms with Gasteiger partial charge in [0.25, 0.3) is 0 Å². The van der Waals surface area contributed by atoms with E-state index in [0.29, 0.717) is 5.25 Å². The molecule has 0 bridgehead atoms. The zero-order valence-corrected chi connectivity index (χ0v) is 9.75. The number of aromatic nitrogens is 1. The molecule has 0 unspecified atom stereocenters. The van der Waals surface area contributed by atoms with E-state index in [2.05, 4.69) is 18.8 Å². The normalized spacial score (nSPS) is 10.6. The van der Waals surface area contributed by atoms with Crippen LogP contribution in [0.25, 0.3) is 0 Å². The Morgan fingerprint density at radius 1 is 1.53 bits per heavy atom. The smallest absolute Gasteiger partial charge is 0.354 e. The van der Waals surface area contributed by atoms with E-state index in [0.717, 1.165) is 17.7 Å². The summed E-state index contributed by atoms with van der Waals surface area (Å²) in [5.74, 6) is -0.970. The number of carboxylic acid groups (broad SMARTS) is 1. The van der Waals surface area contributed by atoms with Crippen LogP contribution in [0.4, 0.5) is 0 Å². The molecule has 1 aromatic heterocycles. The van der Waals surface area contributed by atoms with E-state index in [1.54, 1.807) is 24.0 Å². The van der Waals surface area contributed by atoms with E-state index in [9.17, 15) is 4.79 Å². The average Bonchev–Trinajstić information content (AvgIpc) is 2.26. The van der Waals surface area contributed by atoms with Crippen LogP contribution in [0.2, 0.25) is 0 Å². The molecule has 15 heavy (non-hydrogen) atoms. The molecule has 0 amide bonds. The van der Waals surface area contributed by atoms with Gasteiger partial charge < -0.3 is 5.11 Å². The molecular weight excluding hydrogens is 210 g/mol. The number of carbonyl (C=O) groups is 1. The van der Waals surface area contributed by atoms with Crippen molar-refractivity contribution in [3.05, 3.63) is 24.0 Å². The molecule has 0 saturated carbocycles. The molecule has 0 radical (unpaired) electrons. The van der Waals surface area contributed by atoms with E-state index < -0.39 is 5.97 Å². The molecule has 0 fully saturated rings. The van der Waals surface area contributed by atoms with E-state index in [4.69, 9.17) is 5.11 Å². The summed E-state index contributed by atoms with van der Waals surface area (Å²) in [6.07, 6.45) is 3.73. The molecule has 1 heterocycles. The highest BCUT2D eigenvalue weighted by Gasteiger charge is 2.09. The van der Waals surface area contributed by atoms with Crippen molar-refractivity contribution in [1.82, 2.24) is 4.98 Å². The molecule has 0 aromatic carbocycles. The van der Waals surface area contributed by atoms with Gasteiger partial charge in [0, 0.05) is 16.3 Å². The quantitative estimate of drug-likeness (QED) is 0.782. The molecule has 1 rings (SSSR count). The molecule has 3 nitrogen and oxygen atoms in total. The summed E-state index contributed by atoms with van der Waals surface area (Å²) in [5.41, 5.74) is 0.117. The Balaban J connectivity index is 2.77. The summed E-state index contributed by atoms with van der Waals surface area (Å²) in [6, 6.07) is 3.49. The standard InChI is InChI=1S/C11H15NO2S/c1-3-8(4-2)15-9-5-6-12-10(7-9)11(13)14/h5-8H,3-4H2,1-2H3,(H,13,14). The SMILES string of the molecule is CCC(CC)Sc1ccnc(C(=O)O)c1. The average molecular weight is 225 g/mol. The third kappa shape index (κ3) is 3.55. The van der Waals surface area contributed by atoms with Gasteiger partial charge in [-0.3, -0.25) is 0 Å². The van der Waals surface area contributed by atoms with Gasteiger partial charge in [-0.2, -0.15) is 0 Å². The summed E-state index contributed by atoms with van der Waals surface area (Å²) >= 11 is 1.72. The van der Waals surface area contributed by atoms with E-state index >= 15 is 0 Å². The zero-order valence-electron chi connectivity index (χ0n) is 8.93. The van der Waals surface area contributed by atoms with Crippen molar-refractivity contribution >= 4 is 17.7 Å². The number of rotatable bonds is 5. The molecule has 1 N–H and O–H groups in total. The Kier molecular flexibility index (Phi) is 4.62. The first-order valence-electron chi connectivity index (χ1n) is 5.03. The Morgan fingerprint density at radius 2 is 2.20 bits per heavy atom. The highest BCUT2D eigenvalue weighted by Crippen LogP contribution is 2.27. The number of hydrogen-bond donors (Lipinski definition) is 1. The Morgan fingerprint density at radius 3 is 2.73 bits per heavy atom. The Bertz CT molecular complexity index is 337. The van der Waals surface area contributed by atoms with Gasteiger partial charge in [0.1, 0.15) is 5.69 Å². The third-order valence-corrected chi connectivity index (χ3v) is 3.69. The minimum Gasteiger partial charge on any atom is -0.477 e. The van der Waals surface area contributed by atoms with Crippen molar-refractivity contribution in [2.24, 2.45) is 0 Å². The lowest BCUT2D eigenvalue weighted by atomic mass is 10.3. The Hall–Kier alpha value is -1.03. The lowest BCUT2D eigenvalue weighted by Crippen LogP contribution is -2.01. The van der Waals surface area contributed by atoms with Crippen LogP contribution in [0.3, 0.4) is 0 Å². The van der Waals surface area contributed by atoms with Gasteiger partial charge >= 0.3 is 5.97 Å². The summed E-state index contributed by atoms with van der Waals surface area (Å²) < 4.78 is 0. The predicted molar refractivity (Wildman–Crippen MR) is 61.4 cm³/mol. The number of aromatic carboxylic acids is 1. The van der Waals surface area contributed by atoms with Crippen molar-refractivity contribution in [1.29, 1.82) is 0 Å². The zero-order chi connectivity index (χ0) is 11.3. The molecule has 0 aliphatic heterocycles. The topological polar surface area (TPSA) is 50.2 Å². The van der Waals surface area contributed by atoms with Crippen molar-refractivity contribution in [3.63, 3.8) is 0 Å². The van der Waals surface area contributed by atoms with Gasteiger partial charge in [0.15, 0.2) is 0 Å². The van der Waals surface area contributed by atoms with Crippen molar-refractivity contribution in [2.75, 3.05) is 0 Å². The van der Waals surface area contributed by atoms with Crippen LogP contribution >= 0.6 is 11.8 Å². The van der Waals surface area contributed by atoms with Crippen LogP contribution in [-0.2, 0) is 0 Å². The summed E-state index contributed by atoms with van der Waals surface area (Å²) in [4.78, 5) is 15.5. The molecule has 0 aliphatic rings. The molecule has 0 spiro atoms. The van der Waals surface area contributed by atoms with E-state index in [-0.39, 0.29) is 5.69 Å². The first-order chi connectivity index (χ1) is 7.17. The number of carboxylic acids is 1. The molecule has 0 saturated heterocycles. The van der Waals surface area contributed by atoms with E-state index in [1.807, 2.05) is 6.07 Å². The van der Waals surface area contributed by atoms with Crippen LogP contribution < -0.4 is 0 Å². The monoisotopic (exact) mass is 225 g/mol. The van der Waals surface area contributed by atoms with Crippen molar-refractivity contribution in [2.45, 2.75) is 36.8 Å². The Labute approximate surface area is 93.9 Å². The maximum absolute atomic E-state index is 10.7. The van der Waals surface area contributed by atoms with Crippen molar-refractivity contribution in [3.8, 4) is 0 Å². The maximum atomic E-state index is 10.7. The van der Waals surface area contributed by atoms with Gasteiger partial charge in [0.05, 0.1) is 0 Å². The molecule has 0 aliphatic carbocycles. The number of thioether (sulfide) groups is 1. The fourth-order valence-electron chi connectivity index (χ4n) is 1.25. The maximum Gasteiger partial charge on any atom is 0.354 e. The fourth-order valence-corrected chi connectivity index (χ4v) is 2.29. The molecular formula is C11H15NO2S. The highest BCUT2D eigenvalue weighted by atomic mass is 32.2. The minimum absolute atomic E-state index is 0.117. The van der Waals surface area contributed by atoms with Gasteiger partial charge in [-0.05, 0) is 25.0 Å². The number of pyridine rings is 1. The lowest BCUT2D eigenvalue weighted by molar-refractivity contribution is 0.0690. The lowest BCUT2D eigenvalue weighted by Gasteiger charge is -2.11. The summed E-state index contributed by atoms with van der Waals surface area (Å²) in [6.45, 7) is 4.28. The minimum atomic E-state index is -0.970.